The van der Waals surface area contributed by atoms with E-state index in [1.54, 1.807) is 0 Å². The van der Waals surface area contributed by atoms with Crippen molar-refractivity contribution in [1.29, 1.82) is 0 Å². The van der Waals surface area contributed by atoms with Gasteiger partial charge in [-0.3, -0.25) is 14.6 Å². The number of carbonyl (C=O) groups excluding carboxylic acids is 1. The van der Waals surface area contributed by atoms with Crippen LogP contribution in [0.25, 0.3) is 0 Å². The van der Waals surface area contributed by atoms with E-state index in [0.29, 0.717) is 0 Å². The molecule has 0 fully saturated rings. The van der Waals surface area contributed by atoms with Crippen molar-refractivity contribution >= 4 is 17.2 Å². The van der Waals surface area contributed by atoms with Crippen LogP contribution >= 0.6 is 11.3 Å². The standard InChI is InChI=1S/C11H12N4O3S/c1-6-5-19-8(13-6)3-12-9(16)7-4-15(2)11(18)14-10(7)17/h4-5H,3H2,1-2H3,(H,12,16)(H,14,17,18). The molecule has 0 radical (unpaired) electrons. The van der Waals surface area contributed by atoms with Gasteiger partial charge in [0.05, 0.1) is 6.54 Å². The maximum absolute atomic E-state index is 11.8. The van der Waals surface area contributed by atoms with Gasteiger partial charge in [0.1, 0.15) is 10.6 Å². The van der Waals surface area contributed by atoms with Gasteiger partial charge in [0.25, 0.3) is 11.5 Å². The zero-order valence-electron chi connectivity index (χ0n) is 10.4. The van der Waals surface area contributed by atoms with E-state index in [4.69, 9.17) is 0 Å². The van der Waals surface area contributed by atoms with Gasteiger partial charge >= 0.3 is 5.69 Å². The van der Waals surface area contributed by atoms with Crippen molar-refractivity contribution in [3.05, 3.63) is 48.7 Å². The molecule has 0 atom stereocenters. The van der Waals surface area contributed by atoms with E-state index in [9.17, 15) is 14.4 Å². The fourth-order valence-corrected chi connectivity index (χ4v) is 2.17. The van der Waals surface area contributed by atoms with E-state index in [-0.39, 0.29) is 12.1 Å². The first-order chi connectivity index (χ1) is 8.97. The molecule has 1 amide bonds. The smallest absolute Gasteiger partial charge is 0.328 e. The Morgan fingerprint density at radius 3 is 2.89 bits per heavy atom. The van der Waals surface area contributed by atoms with Crippen molar-refractivity contribution in [1.82, 2.24) is 19.9 Å². The molecule has 0 aromatic carbocycles. The van der Waals surface area contributed by atoms with Crippen LogP contribution in [0, 0.1) is 6.92 Å². The highest BCUT2D eigenvalue weighted by Gasteiger charge is 2.12. The monoisotopic (exact) mass is 280 g/mol. The largest absolute Gasteiger partial charge is 0.345 e. The van der Waals surface area contributed by atoms with E-state index in [1.807, 2.05) is 12.3 Å². The zero-order valence-corrected chi connectivity index (χ0v) is 11.2. The molecule has 0 saturated carbocycles. The van der Waals surface area contributed by atoms with Gasteiger partial charge < -0.3 is 9.88 Å². The van der Waals surface area contributed by atoms with Crippen LogP contribution < -0.4 is 16.6 Å². The lowest BCUT2D eigenvalue weighted by Gasteiger charge is -2.03. The molecule has 2 N–H and O–H groups in total. The van der Waals surface area contributed by atoms with E-state index in [1.165, 1.54) is 24.6 Å². The first-order valence-electron chi connectivity index (χ1n) is 5.46. The molecule has 19 heavy (non-hydrogen) atoms. The van der Waals surface area contributed by atoms with E-state index in [2.05, 4.69) is 15.3 Å². The Hall–Kier alpha value is -2.22. The molecule has 2 aromatic heterocycles. The van der Waals surface area contributed by atoms with Crippen molar-refractivity contribution in [2.45, 2.75) is 13.5 Å². The lowest BCUT2D eigenvalue weighted by molar-refractivity contribution is 0.0948. The summed E-state index contributed by atoms with van der Waals surface area (Å²) in [5, 5.41) is 5.22. The second-order valence-corrected chi connectivity index (χ2v) is 4.92. The van der Waals surface area contributed by atoms with E-state index in [0.717, 1.165) is 15.3 Å². The molecule has 0 bridgehead atoms. The Morgan fingerprint density at radius 1 is 1.53 bits per heavy atom. The average Bonchev–Trinajstić information content (AvgIpc) is 2.77. The van der Waals surface area contributed by atoms with Crippen LogP contribution in [0.4, 0.5) is 0 Å². The summed E-state index contributed by atoms with van der Waals surface area (Å²) in [7, 11) is 1.46. The summed E-state index contributed by atoms with van der Waals surface area (Å²) in [6.45, 7) is 2.11. The highest BCUT2D eigenvalue weighted by Crippen LogP contribution is 2.07. The van der Waals surface area contributed by atoms with Gasteiger partial charge in [0.2, 0.25) is 0 Å². The number of hydrogen-bond acceptors (Lipinski definition) is 5. The quantitative estimate of drug-likeness (QED) is 0.811. The van der Waals surface area contributed by atoms with Gasteiger partial charge in [-0.05, 0) is 6.92 Å². The SMILES string of the molecule is Cc1csc(CNC(=O)c2cn(C)c(=O)[nH]c2=O)n1. The number of nitrogens with one attached hydrogen (secondary N) is 2. The number of nitrogens with zero attached hydrogens (tertiary/aromatic N) is 2. The number of aryl methyl sites for hydroxylation is 2. The van der Waals surface area contributed by atoms with Gasteiger partial charge in [-0.25, -0.2) is 9.78 Å². The number of rotatable bonds is 3. The summed E-state index contributed by atoms with van der Waals surface area (Å²) in [5.41, 5.74) is -0.474. The summed E-state index contributed by atoms with van der Waals surface area (Å²) in [6.07, 6.45) is 1.21. The van der Waals surface area contributed by atoms with Gasteiger partial charge in [0, 0.05) is 24.3 Å². The number of H-pyrrole nitrogens is 1. The number of amides is 1. The summed E-state index contributed by atoms with van der Waals surface area (Å²) in [5.74, 6) is -0.537. The van der Waals surface area contributed by atoms with Crippen LogP contribution in [0.2, 0.25) is 0 Å². The van der Waals surface area contributed by atoms with Gasteiger partial charge in [-0.15, -0.1) is 11.3 Å². The first kappa shape index (κ1) is 13.2. The van der Waals surface area contributed by atoms with Gasteiger partial charge in [-0.1, -0.05) is 0 Å². The van der Waals surface area contributed by atoms with Crippen LogP contribution in [-0.2, 0) is 13.6 Å². The highest BCUT2D eigenvalue weighted by molar-refractivity contribution is 7.09. The minimum atomic E-state index is -0.698. The number of hydrogen-bond donors (Lipinski definition) is 2. The minimum Gasteiger partial charge on any atom is -0.345 e. The highest BCUT2D eigenvalue weighted by atomic mass is 32.1. The maximum Gasteiger partial charge on any atom is 0.328 e. The third kappa shape index (κ3) is 2.97. The summed E-state index contributed by atoms with van der Waals surface area (Å²) < 4.78 is 1.14. The molecule has 2 rings (SSSR count). The average molecular weight is 280 g/mol. The minimum absolute atomic E-state index is 0.102. The predicted molar refractivity (Wildman–Crippen MR) is 70.3 cm³/mol. The summed E-state index contributed by atoms with van der Waals surface area (Å²) in [4.78, 5) is 40.8. The molecule has 0 spiro atoms. The van der Waals surface area contributed by atoms with Crippen LogP contribution in [-0.4, -0.2) is 20.4 Å². The normalized spacial score (nSPS) is 10.4. The fourth-order valence-electron chi connectivity index (χ4n) is 1.46. The fraction of sp³-hybridized carbons (Fsp3) is 0.273. The Morgan fingerprint density at radius 2 is 2.26 bits per heavy atom. The van der Waals surface area contributed by atoms with Crippen molar-refractivity contribution in [3.63, 3.8) is 0 Å². The first-order valence-corrected chi connectivity index (χ1v) is 6.34. The predicted octanol–water partition coefficient (Wildman–Crippen LogP) is -0.231. The topological polar surface area (TPSA) is 96.9 Å². The molecular formula is C11H12N4O3S. The second-order valence-electron chi connectivity index (χ2n) is 3.98. The molecule has 0 aliphatic heterocycles. The van der Waals surface area contributed by atoms with Crippen LogP contribution in [0.5, 0.6) is 0 Å². The number of aromatic amines is 1. The summed E-state index contributed by atoms with van der Waals surface area (Å²) >= 11 is 1.43. The Bertz CT molecular complexity index is 728. The molecule has 8 heteroatoms. The second kappa shape index (κ2) is 5.19. The van der Waals surface area contributed by atoms with Crippen LogP contribution in [0.3, 0.4) is 0 Å². The Kier molecular flexibility index (Phi) is 3.61. The Balaban J connectivity index is 2.14. The number of thiazole rings is 1. The van der Waals surface area contributed by atoms with Crippen molar-refractivity contribution in [2.75, 3.05) is 0 Å². The van der Waals surface area contributed by atoms with Crippen molar-refractivity contribution in [3.8, 4) is 0 Å². The Labute approximate surface area is 111 Å². The third-order valence-electron chi connectivity index (χ3n) is 2.42. The maximum atomic E-state index is 11.8. The number of aromatic nitrogens is 3. The molecule has 2 heterocycles. The molecule has 0 saturated heterocycles. The molecule has 2 aromatic rings. The molecule has 0 aliphatic rings. The van der Waals surface area contributed by atoms with Gasteiger partial charge in [-0.2, -0.15) is 0 Å². The van der Waals surface area contributed by atoms with Crippen LogP contribution in [0.15, 0.2) is 21.2 Å². The molecule has 0 unspecified atom stereocenters. The van der Waals surface area contributed by atoms with Crippen LogP contribution in [0.1, 0.15) is 21.1 Å². The van der Waals surface area contributed by atoms with E-state index < -0.39 is 17.2 Å². The van der Waals surface area contributed by atoms with Crippen molar-refractivity contribution < 1.29 is 4.79 Å². The van der Waals surface area contributed by atoms with E-state index >= 15 is 0 Å². The molecule has 7 nitrogen and oxygen atoms in total. The summed E-state index contributed by atoms with van der Waals surface area (Å²) in [6, 6.07) is 0. The molecule has 0 aliphatic carbocycles. The lowest BCUT2D eigenvalue weighted by Crippen LogP contribution is -2.35. The number of carbonyl (C=O) groups is 1. The lowest BCUT2D eigenvalue weighted by atomic mass is 10.3. The molecule has 100 valence electrons. The third-order valence-corrected chi connectivity index (χ3v) is 3.39. The van der Waals surface area contributed by atoms with Gasteiger partial charge in [0.15, 0.2) is 0 Å². The zero-order chi connectivity index (χ0) is 14.0. The molecular weight excluding hydrogens is 268 g/mol. The van der Waals surface area contributed by atoms with Crippen molar-refractivity contribution in [2.24, 2.45) is 7.05 Å².